The standard InChI is InChI=1S/C10H16N2O4S/c1-5(2)12-8(13)3-7(9(12)14)17-4-6(11)10(15)16/h5-7H,3-4,11H2,1-2H3,(H,15,16). The number of amides is 2. The first kappa shape index (κ1) is 14.0. The van der Waals surface area contributed by atoms with Crippen molar-refractivity contribution in [2.75, 3.05) is 5.75 Å². The van der Waals surface area contributed by atoms with Gasteiger partial charge in [0.15, 0.2) is 0 Å². The third-order valence-corrected chi connectivity index (χ3v) is 3.77. The van der Waals surface area contributed by atoms with Crippen molar-refractivity contribution in [2.24, 2.45) is 5.73 Å². The number of rotatable bonds is 5. The number of hydrogen-bond donors (Lipinski definition) is 2. The number of aliphatic carboxylic acids is 1. The Morgan fingerprint density at radius 1 is 1.59 bits per heavy atom. The number of hydrogen-bond acceptors (Lipinski definition) is 5. The zero-order valence-electron chi connectivity index (χ0n) is 9.75. The van der Waals surface area contributed by atoms with E-state index in [1.54, 1.807) is 13.8 Å². The minimum atomic E-state index is -1.10. The topological polar surface area (TPSA) is 101 Å². The van der Waals surface area contributed by atoms with E-state index in [1.165, 1.54) is 4.90 Å². The van der Waals surface area contributed by atoms with Gasteiger partial charge in [-0.2, -0.15) is 0 Å². The summed E-state index contributed by atoms with van der Waals surface area (Å²) in [4.78, 5) is 35.1. The second-order valence-corrected chi connectivity index (χ2v) is 5.40. The number of thioether (sulfide) groups is 1. The van der Waals surface area contributed by atoms with Gasteiger partial charge in [0, 0.05) is 18.2 Å². The third kappa shape index (κ3) is 3.19. The number of nitrogens with two attached hydrogens (primary N) is 1. The van der Waals surface area contributed by atoms with Crippen molar-refractivity contribution < 1.29 is 19.5 Å². The second kappa shape index (κ2) is 5.50. The van der Waals surface area contributed by atoms with Crippen LogP contribution < -0.4 is 5.73 Å². The molecule has 17 heavy (non-hydrogen) atoms. The Kier molecular flexibility index (Phi) is 4.53. The Morgan fingerprint density at radius 2 is 2.18 bits per heavy atom. The maximum absolute atomic E-state index is 11.8. The zero-order valence-corrected chi connectivity index (χ0v) is 10.6. The van der Waals surface area contributed by atoms with E-state index in [1.807, 2.05) is 0 Å². The van der Waals surface area contributed by atoms with Crippen LogP contribution in [-0.4, -0.2) is 50.9 Å². The highest BCUT2D eigenvalue weighted by molar-refractivity contribution is 8.00. The molecule has 1 rings (SSSR count). The molecule has 2 unspecified atom stereocenters. The number of nitrogens with zero attached hydrogens (tertiary/aromatic N) is 1. The Labute approximate surface area is 104 Å². The smallest absolute Gasteiger partial charge is 0.321 e. The van der Waals surface area contributed by atoms with Crippen molar-refractivity contribution in [1.29, 1.82) is 0 Å². The molecule has 6 nitrogen and oxygen atoms in total. The van der Waals surface area contributed by atoms with Gasteiger partial charge in [0.05, 0.1) is 5.25 Å². The van der Waals surface area contributed by atoms with Crippen LogP contribution in [0.1, 0.15) is 20.3 Å². The summed E-state index contributed by atoms with van der Waals surface area (Å²) < 4.78 is 0. The molecule has 0 aliphatic carbocycles. The van der Waals surface area contributed by atoms with Gasteiger partial charge in [-0.3, -0.25) is 19.3 Å². The predicted molar refractivity (Wildman–Crippen MR) is 63.5 cm³/mol. The molecular weight excluding hydrogens is 244 g/mol. The lowest BCUT2D eigenvalue weighted by molar-refractivity contribution is -0.140. The predicted octanol–water partition coefficient (Wildman–Crippen LogP) is -0.333. The maximum Gasteiger partial charge on any atom is 0.321 e. The Balaban J connectivity index is 2.55. The van der Waals surface area contributed by atoms with E-state index in [0.29, 0.717) is 0 Å². The average molecular weight is 260 g/mol. The van der Waals surface area contributed by atoms with Crippen molar-refractivity contribution in [3.8, 4) is 0 Å². The van der Waals surface area contributed by atoms with Crippen LogP contribution in [-0.2, 0) is 14.4 Å². The molecule has 0 bridgehead atoms. The van der Waals surface area contributed by atoms with Crippen molar-refractivity contribution in [3.05, 3.63) is 0 Å². The Hall–Kier alpha value is -1.08. The summed E-state index contributed by atoms with van der Waals surface area (Å²) in [6.45, 7) is 3.54. The summed E-state index contributed by atoms with van der Waals surface area (Å²) in [6, 6.07) is -1.16. The molecule has 1 aliphatic heterocycles. The molecule has 1 aliphatic rings. The highest BCUT2D eigenvalue weighted by Crippen LogP contribution is 2.26. The lowest BCUT2D eigenvalue weighted by atomic mass is 10.3. The quantitative estimate of drug-likeness (QED) is 0.656. The molecular formula is C10H16N2O4S. The van der Waals surface area contributed by atoms with Crippen LogP contribution in [0.15, 0.2) is 0 Å². The van der Waals surface area contributed by atoms with Crippen molar-refractivity contribution >= 4 is 29.5 Å². The van der Waals surface area contributed by atoms with E-state index < -0.39 is 17.3 Å². The minimum Gasteiger partial charge on any atom is -0.480 e. The SMILES string of the molecule is CC(C)N1C(=O)CC(SCC(N)C(=O)O)C1=O. The summed E-state index contributed by atoms with van der Waals surface area (Å²) in [6.07, 6.45) is 0.133. The van der Waals surface area contributed by atoms with E-state index >= 15 is 0 Å². The third-order valence-electron chi connectivity index (χ3n) is 2.45. The number of carbonyl (C=O) groups is 3. The van der Waals surface area contributed by atoms with E-state index in [0.717, 1.165) is 11.8 Å². The van der Waals surface area contributed by atoms with Crippen molar-refractivity contribution in [1.82, 2.24) is 4.90 Å². The van der Waals surface area contributed by atoms with E-state index in [4.69, 9.17) is 10.8 Å². The van der Waals surface area contributed by atoms with Gasteiger partial charge in [-0.1, -0.05) is 0 Å². The molecule has 0 radical (unpaired) electrons. The molecule has 0 aromatic heterocycles. The fourth-order valence-corrected chi connectivity index (χ4v) is 2.68. The van der Waals surface area contributed by atoms with E-state index in [9.17, 15) is 14.4 Å². The molecule has 2 amide bonds. The van der Waals surface area contributed by atoms with Crippen LogP contribution in [0.25, 0.3) is 0 Å². The number of likely N-dealkylation sites (tertiary alicyclic amines) is 1. The lowest BCUT2D eigenvalue weighted by Crippen LogP contribution is -2.38. The number of carbonyl (C=O) groups excluding carboxylic acids is 2. The van der Waals surface area contributed by atoms with Gasteiger partial charge < -0.3 is 10.8 Å². The molecule has 1 heterocycles. The minimum absolute atomic E-state index is 0.130. The molecule has 96 valence electrons. The summed E-state index contributed by atoms with van der Waals surface area (Å²) in [5.74, 6) is -1.42. The van der Waals surface area contributed by atoms with Crippen molar-refractivity contribution in [2.45, 2.75) is 37.6 Å². The van der Waals surface area contributed by atoms with Gasteiger partial charge in [0.25, 0.3) is 0 Å². The average Bonchev–Trinajstić information content (AvgIpc) is 2.50. The van der Waals surface area contributed by atoms with Crippen LogP contribution in [0.5, 0.6) is 0 Å². The van der Waals surface area contributed by atoms with Crippen LogP contribution in [0, 0.1) is 0 Å². The van der Waals surface area contributed by atoms with Gasteiger partial charge in [0.1, 0.15) is 6.04 Å². The Bertz CT molecular complexity index is 345. The summed E-state index contributed by atoms with van der Waals surface area (Å²) in [7, 11) is 0. The maximum atomic E-state index is 11.8. The van der Waals surface area contributed by atoms with Gasteiger partial charge in [-0.15, -0.1) is 11.8 Å². The highest BCUT2D eigenvalue weighted by atomic mass is 32.2. The number of carboxylic acids is 1. The molecule has 0 aromatic rings. The van der Waals surface area contributed by atoms with Crippen LogP contribution in [0.2, 0.25) is 0 Å². The van der Waals surface area contributed by atoms with E-state index in [-0.39, 0.29) is 30.0 Å². The fraction of sp³-hybridized carbons (Fsp3) is 0.700. The summed E-state index contributed by atoms with van der Waals surface area (Å²) in [5.41, 5.74) is 5.34. The van der Waals surface area contributed by atoms with Gasteiger partial charge >= 0.3 is 5.97 Å². The summed E-state index contributed by atoms with van der Waals surface area (Å²) in [5, 5.41) is 8.12. The van der Waals surface area contributed by atoms with Gasteiger partial charge in [-0.25, -0.2) is 0 Å². The number of carboxylic acid groups (broad SMARTS) is 1. The molecule has 3 N–H and O–H groups in total. The fourth-order valence-electron chi connectivity index (χ4n) is 1.59. The first-order chi connectivity index (χ1) is 7.84. The van der Waals surface area contributed by atoms with E-state index in [2.05, 4.69) is 0 Å². The molecule has 7 heteroatoms. The first-order valence-electron chi connectivity index (χ1n) is 5.30. The first-order valence-corrected chi connectivity index (χ1v) is 6.35. The largest absolute Gasteiger partial charge is 0.480 e. The van der Waals surface area contributed by atoms with Crippen LogP contribution in [0.3, 0.4) is 0 Å². The zero-order chi connectivity index (χ0) is 13.2. The Morgan fingerprint density at radius 3 is 2.59 bits per heavy atom. The molecule has 0 spiro atoms. The van der Waals surface area contributed by atoms with Gasteiger partial charge in [-0.05, 0) is 13.8 Å². The highest BCUT2D eigenvalue weighted by Gasteiger charge is 2.40. The molecule has 2 atom stereocenters. The molecule has 1 saturated heterocycles. The lowest BCUT2D eigenvalue weighted by Gasteiger charge is -2.18. The van der Waals surface area contributed by atoms with Crippen molar-refractivity contribution in [3.63, 3.8) is 0 Å². The monoisotopic (exact) mass is 260 g/mol. The molecule has 0 aromatic carbocycles. The second-order valence-electron chi connectivity index (χ2n) is 4.17. The van der Waals surface area contributed by atoms with Gasteiger partial charge in [0.2, 0.25) is 11.8 Å². The normalized spacial score (nSPS) is 22.4. The van der Waals surface area contributed by atoms with Crippen LogP contribution in [0.4, 0.5) is 0 Å². The molecule has 1 fully saturated rings. The molecule has 0 saturated carbocycles. The van der Waals surface area contributed by atoms with Crippen LogP contribution >= 0.6 is 11.8 Å². The summed E-state index contributed by atoms with van der Waals surface area (Å²) >= 11 is 1.14. The number of imide groups is 1.